The first-order valence-corrected chi connectivity index (χ1v) is 8.64. The molecule has 1 heterocycles. The van der Waals surface area contributed by atoms with Crippen LogP contribution in [-0.4, -0.2) is 5.91 Å². The summed E-state index contributed by atoms with van der Waals surface area (Å²) in [6.07, 6.45) is -4.43. The van der Waals surface area contributed by atoms with E-state index in [0.717, 1.165) is 23.5 Å². The monoisotopic (exact) mass is 395 g/mol. The molecule has 0 aliphatic rings. The number of halogens is 4. The molecule has 8 heteroatoms. The first-order valence-electron chi connectivity index (χ1n) is 7.76. The Balaban J connectivity index is 1.60. The van der Waals surface area contributed by atoms with Gasteiger partial charge in [0.25, 0.3) is 5.91 Å². The molecule has 0 atom stereocenters. The van der Waals surface area contributed by atoms with Gasteiger partial charge in [-0.3, -0.25) is 4.79 Å². The quantitative estimate of drug-likeness (QED) is 0.560. The van der Waals surface area contributed by atoms with Crippen LogP contribution < -0.4 is 10.1 Å². The van der Waals surface area contributed by atoms with Crippen LogP contribution in [0.5, 0.6) is 5.75 Å². The number of amides is 1. The molecule has 0 radical (unpaired) electrons. The molecule has 27 heavy (non-hydrogen) atoms. The van der Waals surface area contributed by atoms with Gasteiger partial charge in [-0.05, 0) is 47.8 Å². The first kappa shape index (κ1) is 18.9. The summed E-state index contributed by atoms with van der Waals surface area (Å²) in [7, 11) is 0. The average Bonchev–Trinajstić information content (AvgIpc) is 3.10. The van der Waals surface area contributed by atoms with Gasteiger partial charge in [-0.25, -0.2) is 4.39 Å². The van der Waals surface area contributed by atoms with Gasteiger partial charge in [-0.1, -0.05) is 12.1 Å². The maximum atomic E-state index is 13.5. The third-order valence-corrected chi connectivity index (χ3v) is 4.56. The van der Waals surface area contributed by atoms with E-state index in [0.29, 0.717) is 10.4 Å². The number of hydrogen-bond acceptors (Lipinski definition) is 3. The second-order valence-corrected chi connectivity index (χ2v) is 6.48. The van der Waals surface area contributed by atoms with Crippen LogP contribution >= 0.6 is 11.3 Å². The standard InChI is InChI=1S/C19H13F4NO2S/c20-15-3-1-2-4-16(15)26-10-12-9-17(27-11-12)18(25)24-14-7-5-13(6-8-14)19(21,22)23/h1-9,11H,10H2,(H,24,25). The Bertz CT molecular complexity index is 935. The molecule has 140 valence electrons. The molecule has 0 aliphatic heterocycles. The minimum Gasteiger partial charge on any atom is -0.486 e. The molecule has 0 fully saturated rings. The number of thiophene rings is 1. The van der Waals surface area contributed by atoms with Crippen LogP contribution in [-0.2, 0) is 12.8 Å². The summed E-state index contributed by atoms with van der Waals surface area (Å²) in [5.74, 6) is -0.815. The van der Waals surface area contributed by atoms with E-state index in [1.807, 2.05) is 0 Å². The van der Waals surface area contributed by atoms with Crippen LogP contribution in [0.25, 0.3) is 0 Å². The van der Waals surface area contributed by atoms with Crippen molar-refractivity contribution < 1.29 is 27.1 Å². The number of ether oxygens (including phenoxy) is 1. The molecule has 2 aromatic carbocycles. The first-order chi connectivity index (χ1) is 12.8. The van der Waals surface area contributed by atoms with Crippen molar-refractivity contribution in [2.45, 2.75) is 12.8 Å². The number of anilines is 1. The van der Waals surface area contributed by atoms with Crippen molar-refractivity contribution in [3.05, 3.63) is 81.8 Å². The van der Waals surface area contributed by atoms with E-state index >= 15 is 0 Å². The van der Waals surface area contributed by atoms with E-state index in [1.165, 1.54) is 24.3 Å². The van der Waals surface area contributed by atoms with Crippen molar-refractivity contribution in [1.82, 2.24) is 0 Å². The third-order valence-electron chi connectivity index (χ3n) is 3.58. The van der Waals surface area contributed by atoms with Gasteiger partial charge in [0.15, 0.2) is 11.6 Å². The highest BCUT2D eigenvalue weighted by Gasteiger charge is 2.30. The van der Waals surface area contributed by atoms with E-state index in [-0.39, 0.29) is 18.0 Å². The molecular formula is C19H13F4NO2S. The number of rotatable bonds is 5. The SMILES string of the molecule is O=C(Nc1ccc(C(F)(F)F)cc1)c1cc(COc2ccccc2F)cs1. The summed E-state index contributed by atoms with van der Waals surface area (Å²) in [6, 6.07) is 11.8. The van der Waals surface area contributed by atoms with Crippen molar-refractivity contribution in [3.8, 4) is 5.75 Å². The van der Waals surface area contributed by atoms with Crippen molar-refractivity contribution in [2.24, 2.45) is 0 Å². The van der Waals surface area contributed by atoms with Crippen molar-refractivity contribution in [1.29, 1.82) is 0 Å². The molecule has 0 aliphatic carbocycles. The smallest absolute Gasteiger partial charge is 0.416 e. The topological polar surface area (TPSA) is 38.3 Å². The zero-order valence-electron chi connectivity index (χ0n) is 13.7. The van der Waals surface area contributed by atoms with Gasteiger partial charge in [0.2, 0.25) is 0 Å². The van der Waals surface area contributed by atoms with Gasteiger partial charge in [0.1, 0.15) is 6.61 Å². The minimum atomic E-state index is -4.43. The van der Waals surface area contributed by atoms with Gasteiger partial charge < -0.3 is 10.1 Å². The van der Waals surface area contributed by atoms with E-state index < -0.39 is 23.5 Å². The molecule has 3 nitrogen and oxygen atoms in total. The Kier molecular flexibility index (Phi) is 5.46. The zero-order valence-corrected chi connectivity index (χ0v) is 14.5. The Labute approximate surface area is 156 Å². The number of benzene rings is 2. The van der Waals surface area contributed by atoms with Crippen LogP contribution in [0.3, 0.4) is 0 Å². The highest BCUT2D eigenvalue weighted by molar-refractivity contribution is 7.12. The lowest BCUT2D eigenvalue weighted by Gasteiger charge is -2.08. The van der Waals surface area contributed by atoms with Crippen LogP contribution in [0, 0.1) is 5.82 Å². The predicted molar refractivity (Wildman–Crippen MR) is 94.4 cm³/mol. The molecule has 3 rings (SSSR count). The normalized spacial score (nSPS) is 11.3. The van der Waals surface area contributed by atoms with E-state index in [1.54, 1.807) is 23.6 Å². The zero-order chi connectivity index (χ0) is 19.4. The molecule has 0 saturated heterocycles. The summed E-state index contributed by atoms with van der Waals surface area (Å²) in [5.41, 5.74) is 0.149. The van der Waals surface area contributed by atoms with Gasteiger partial charge >= 0.3 is 6.18 Å². The van der Waals surface area contributed by atoms with Crippen molar-refractivity contribution in [3.63, 3.8) is 0 Å². The van der Waals surface area contributed by atoms with E-state index in [4.69, 9.17) is 4.74 Å². The molecule has 0 saturated carbocycles. The van der Waals surface area contributed by atoms with Gasteiger partial charge in [-0.15, -0.1) is 11.3 Å². The summed E-state index contributed by atoms with van der Waals surface area (Å²) in [5, 5.41) is 4.23. The third kappa shape index (κ3) is 4.85. The fraction of sp³-hybridized carbons (Fsp3) is 0.105. The van der Waals surface area contributed by atoms with Crippen LogP contribution in [0.15, 0.2) is 60.0 Å². The van der Waals surface area contributed by atoms with E-state index in [2.05, 4.69) is 5.32 Å². The van der Waals surface area contributed by atoms with Gasteiger partial charge in [0, 0.05) is 11.3 Å². The number of carbonyl (C=O) groups is 1. The lowest BCUT2D eigenvalue weighted by atomic mass is 10.2. The van der Waals surface area contributed by atoms with Gasteiger partial charge in [0.05, 0.1) is 10.4 Å². The van der Waals surface area contributed by atoms with Gasteiger partial charge in [-0.2, -0.15) is 13.2 Å². The largest absolute Gasteiger partial charge is 0.486 e. The fourth-order valence-electron chi connectivity index (χ4n) is 2.23. The second-order valence-electron chi connectivity index (χ2n) is 5.57. The Morgan fingerprint density at radius 2 is 1.78 bits per heavy atom. The number of alkyl halides is 3. The summed E-state index contributed by atoms with van der Waals surface area (Å²) >= 11 is 1.16. The predicted octanol–water partition coefficient (Wildman–Crippen LogP) is 5.74. The maximum Gasteiger partial charge on any atom is 0.416 e. The van der Waals surface area contributed by atoms with Crippen molar-refractivity contribution in [2.75, 3.05) is 5.32 Å². The number of carbonyl (C=O) groups excluding carboxylic acids is 1. The molecule has 3 aromatic rings. The fourth-order valence-corrected chi connectivity index (χ4v) is 3.02. The average molecular weight is 395 g/mol. The summed E-state index contributed by atoms with van der Waals surface area (Å²) in [6.45, 7) is 0.0883. The Hall–Kier alpha value is -2.87. The number of nitrogens with one attached hydrogen (secondary N) is 1. The Morgan fingerprint density at radius 3 is 2.44 bits per heavy atom. The second kappa shape index (κ2) is 7.79. The summed E-state index contributed by atoms with van der Waals surface area (Å²) < 4.78 is 56.5. The summed E-state index contributed by atoms with van der Waals surface area (Å²) in [4.78, 5) is 12.6. The van der Waals surface area contributed by atoms with Crippen LogP contribution in [0.1, 0.15) is 20.8 Å². The number of hydrogen-bond donors (Lipinski definition) is 1. The molecule has 1 amide bonds. The lowest BCUT2D eigenvalue weighted by molar-refractivity contribution is -0.137. The number of para-hydroxylation sites is 1. The maximum absolute atomic E-state index is 13.5. The molecule has 0 bridgehead atoms. The van der Waals surface area contributed by atoms with E-state index in [9.17, 15) is 22.4 Å². The highest BCUT2D eigenvalue weighted by atomic mass is 32.1. The molecule has 1 N–H and O–H groups in total. The van der Waals surface area contributed by atoms with Crippen LogP contribution in [0.2, 0.25) is 0 Å². The molecule has 0 unspecified atom stereocenters. The highest BCUT2D eigenvalue weighted by Crippen LogP contribution is 2.30. The molecule has 1 aromatic heterocycles. The molecule has 0 spiro atoms. The lowest BCUT2D eigenvalue weighted by Crippen LogP contribution is -2.11. The van der Waals surface area contributed by atoms with Crippen LogP contribution in [0.4, 0.5) is 23.2 Å². The minimum absolute atomic E-state index is 0.0883. The van der Waals surface area contributed by atoms with Crippen molar-refractivity contribution >= 4 is 22.9 Å². The Morgan fingerprint density at radius 1 is 1.07 bits per heavy atom. The molecular weight excluding hydrogens is 382 g/mol.